The molecule has 0 bridgehead atoms. The van der Waals surface area contributed by atoms with Crippen molar-refractivity contribution < 1.29 is 9.53 Å². The lowest BCUT2D eigenvalue weighted by Crippen LogP contribution is -1.93. The van der Waals surface area contributed by atoms with Gasteiger partial charge in [-0.2, -0.15) is 0 Å². The largest absolute Gasteiger partial charge is 0.496 e. The van der Waals surface area contributed by atoms with Gasteiger partial charge in [0.25, 0.3) is 0 Å². The average Bonchev–Trinajstić information content (AvgIpc) is 2.03. The molecule has 0 unspecified atom stereocenters. The number of methoxy groups -OCH3 is 1. The minimum atomic E-state index is 0.523. The predicted molar refractivity (Wildman–Crippen MR) is 48.1 cm³/mol. The van der Waals surface area contributed by atoms with E-state index in [0.29, 0.717) is 16.3 Å². The molecule has 64 valence electrons. The normalized spacial score (nSPS) is 9.58. The predicted octanol–water partition coefficient (Wildman–Crippen LogP) is 2.47. The fourth-order valence-electron chi connectivity index (χ4n) is 1.04. The number of benzene rings is 1. The van der Waals surface area contributed by atoms with Crippen molar-refractivity contribution in [3.8, 4) is 5.75 Å². The molecule has 0 aliphatic rings. The van der Waals surface area contributed by atoms with Gasteiger partial charge >= 0.3 is 0 Å². The van der Waals surface area contributed by atoms with Crippen molar-refractivity contribution in [2.45, 2.75) is 6.92 Å². The molecule has 0 aliphatic carbocycles. The molecule has 0 atom stereocenters. The molecule has 3 heteroatoms. The first kappa shape index (κ1) is 9.07. The van der Waals surface area contributed by atoms with Crippen LogP contribution in [0.15, 0.2) is 12.1 Å². The van der Waals surface area contributed by atoms with Gasteiger partial charge in [0.05, 0.1) is 12.7 Å². The smallest absolute Gasteiger partial charge is 0.154 e. The van der Waals surface area contributed by atoms with E-state index in [1.54, 1.807) is 12.1 Å². The molecule has 0 aliphatic heterocycles. The highest BCUT2D eigenvalue weighted by Gasteiger charge is 2.06. The fraction of sp³-hybridized carbons (Fsp3) is 0.222. The Bertz CT molecular complexity index is 308. The maximum Gasteiger partial charge on any atom is 0.154 e. The van der Waals surface area contributed by atoms with E-state index in [1.807, 2.05) is 6.92 Å². The molecule has 0 heterocycles. The zero-order valence-corrected chi connectivity index (χ0v) is 7.68. The highest BCUT2D eigenvalue weighted by Crippen LogP contribution is 2.25. The summed E-state index contributed by atoms with van der Waals surface area (Å²) in [5.41, 5.74) is 1.39. The number of hydrogen-bond acceptors (Lipinski definition) is 2. The molecule has 1 aromatic carbocycles. The van der Waals surface area contributed by atoms with E-state index in [1.165, 1.54) is 7.11 Å². The first-order valence-electron chi connectivity index (χ1n) is 3.48. The molecule has 0 saturated carbocycles. The van der Waals surface area contributed by atoms with E-state index in [-0.39, 0.29) is 0 Å². The first-order chi connectivity index (χ1) is 5.69. The van der Waals surface area contributed by atoms with E-state index in [9.17, 15) is 4.79 Å². The van der Waals surface area contributed by atoms with Gasteiger partial charge in [-0.1, -0.05) is 11.6 Å². The van der Waals surface area contributed by atoms with Gasteiger partial charge in [0.15, 0.2) is 6.29 Å². The van der Waals surface area contributed by atoms with E-state index < -0.39 is 0 Å². The highest BCUT2D eigenvalue weighted by molar-refractivity contribution is 6.30. The molecule has 0 amide bonds. The first-order valence-corrected chi connectivity index (χ1v) is 3.86. The summed E-state index contributed by atoms with van der Waals surface area (Å²) in [6.45, 7) is 1.82. The summed E-state index contributed by atoms with van der Waals surface area (Å²) in [4.78, 5) is 10.6. The summed E-state index contributed by atoms with van der Waals surface area (Å²) in [6.07, 6.45) is 0.768. The standard InChI is InChI=1S/C9H9ClO2/c1-6-3-7(10)4-9(12-2)8(6)5-11/h3-5H,1-2H3. The Kier molecular flexibility index (Phi) is 2.71. The van der Waals surface area contributed by atoms with Gasteiger partial charge in [-0.3, -0.25) is 4.79 Å². The summed E-state index contributed by atoms with van der Waals surface area (Å²) in [6, 6.07) is 3.35. The molecular weight excluding hydrogens is 176 g/mol. The lowest BCUT2D eigenvalue weighted by atomic mass is 10.1. The van der Waals surface area contributed by atoms with E-state index in [0.717, 1.165) is 11.8 Å². The lowest BCUT2D eigenvalue weighted by Gasteiger charge is -2.06. The maximum atomic E-state index is 10.6. The Balaban J connectivity index is 3.33. The van der Waals surface area contributed by atoms with Crippen LogP contribution in [0.3, 0.4) is 0 Å². The van der Waals surface area contributed by atoms with Gasteiger partial charge < -0.3 is 4.74 Å². The second kappa shape index (κ2) is 3.59. The fourth-order valence-corrected chi connectivity index (χ4v) is 1.31. The molecular formula is C9H9ClO2. The second-order valence-electron chi connectivity index (χ2n) is 2.46. The van der Waals surface area contributed by atoms with Crippen molar-refractivity contribution >= 4 is 17.9 Å². The third-order valence-corrected chi connectivity index (χ3v) is 1.87. The van der Waals surface area contributed by atoms with Crippen molar-refractivity contribution in [2.75, 3.05) is 7.11 Å². The SMILES string of the molecule is COc1cc(Cl)cc(C)c1C=O. The van der Waals surface area contributed by atoms with E-state index in [4.69, 9.17) is 16.3 Å². The Morgan fingerprint density at radius 2 is 2.17 bits per heavy atom. The van der Waals surface area contributed by atoms with E-state index in [2.05, 4.69) is 0 Å². The molecule has 1 rings (SSSR count). The molecule has 0 fully saturated rings. The van der Waals surface area contributed by atoms with Crippen molar-refractivity contribution in [2.24, 2.45) is 0 Å². The topological polar surface area (TPSA) is 26.3 Å². The van der Waals surface area contributed by atoms with Crippen LogP contribution in [0.2, 0.25) is 5.02 Å². The van der Waals surface area contributed by atoms with Crippen LogP contribution in [-0.2, 0) is 0 Å². The van der Waals surface area contributed by atoms with Crippen LogP contribution < -0.4 is 4.74 Å². The van der Waals surface area contributed by atoms with Crippen LogP contribution in [-0.4, -0.2) is 13.4 Å². The summed E-state index contributed by atoms with van der Waals surface area (Å²) in [5.74, 6) is 0.523. The maximum absolute atomic E-state index is 10.6. The van der Waals surface area contributed by atoms with Crippen LogP contribution in [0.5, 0.6) is 5.75 Å². The summed E-state index contributed by atoms with van der Waals surface area (Å²) >= 11 is 5.76. The number of halogens is 1. The van der Waals surface area contributed by atoms with Crippen molar-refractivity contribution in [3.05, 3.63) is 28.3 Å². The summed E-state index contributed by atoms with van der Waals surface area (Å²) in [7, 11) is 1.51. The van der Waals surface area contributed by atoms with Crippen molar-refractivity contribution in [1.29, 1.82) is 0 Å². The molecule has 12 heavy (non-hydrogen) atoms. The third-order valence-electron chi connectivity index (χ3n) is 1.65. The number of ether oxygens (including phenoxy) is 1. The number of carbonyl (C=O) groups is 1. The molecule has 0 aromatic heterocycles. The number of rotatable bonds is 2. The minimum Gasteiger partial charge on any atom is -0.496 e. The quantitative estimate of drug-likeness (QED) is 0.660. The van der Waals surface area contributed by atoms with E-state index >= 15 is 0 Å². The zero-order valence-electron chi connectivity index (χ0n) is 6.93. The molecule has 1 aromatic rings. The van der Waals surface area contributed by atoms with Crippen LogP contribution in [0.4, 0.5) is 0 Å². The average molecular weight is 185 g/mol. The minimum absolute atomic E-state index is 0.523. The Hall–Kier alpha value is -1.02. The monoisotopic (exact) mass is 184 g/mol. The second-order valence-corrected chi connectivity index (χ2v) is 2.89. The summed E-state index contributed by atoms with van der Waals surface area (Å²) in [5, 5.41) is 0.579. The van der Waals surface area contributed by atoms with Crippen LogP contribution in [0.1, 0.15) is 15.9 Å². The highest BCUT2D eigenvalue weighted by atomic mass is 35.5. The van der Waals surface area contributed by atoms with Crippen LogP contribution in [0.25, 0.3) is 0 Å². The van der Waals surface area contributed by atoms with Crippen molar-refractivity contribution in [3.63, 3.8) is 0 Å². The Morgan fingerprint density at radius 1 is 1.50 bits per heavy atom. The van der Waals surface area contributed by atoms with Gasteiger partial charge in [-0.15, -0.1) is 0 Å². The van der Waals surface area contributed by atoms with Gasteiger partial charge in [0.1, 0.15) is 5.75 Å². The number of carbonyl (C=O) groups excluding carboxylic acids is 1. The number of aldehydes is 1. The van der Waals surface area contributed by atoms with Gasteiger partial charge in [-0.25, -0.2) is 0 Å². The zero-order chi connectivity index (χ0) is 9.14. The van der Waals surface area contributed by atoms with Crippen LogP contribution in [0, 0.1) is 6.92 Å². The van der Waals surface area contributed by atoms with Gasteiger partial charge in [0, 0.05) is 5.02 Å². The molecule has 0 saturated heterocycles. The van der Waals surface area contributed by atoms with Crippen molar-refractivity contribution in [1.82, 2.24) is 0 Å². The number of hydrogen-bond donors (Lipinski definition) is 0. The molecule has 0 radical (unpaired) electrons. The van der Waals surface area contributed by atoms with Gasteiger partial charge in [0.2, 0.25) is 0 Å². The lowest BCUT2D eigenvalue weighted by molar-refractivity contribution is 0.112. The molecule has 2 nitrogen and oxygen atoms in total. The summed E-state index contributed by atoms with van der Waals surface area (Å²) < 4.78 is 4.98. The molecule has 0 N–H and O–H groups in total. The van der Waals surface area contributed by atoms with Crippen LogP contribution >= 0.6 is 11.6 Å². The Labute approximate surface area is 76.1 Å². The number of aryl methyl sites for hydroxylation is 1. The third kappa shape index (κ3) is 1.59. The van der Waals surface area contributed by atoms with Gasteiger partial charge in [-0.05, 0) is 24.6 Å². The molecule has 0 spiro atoms. The Morgan fingerprint density at radius 3 is 2.67 bits per heavy atom.